The smallest absolute Gasteiger partial charge is 0.258 e. The Labute approximate surface area is 113 Å². The molecule has 0 saturated heterocycles. The SMILES string of the molecule is C=CCNC(=O)COc1ccc2c(c1)CCCC2O. The number of aliphatic hydroxyl groups excluding tert-OH is 1. The summed E-state index contributed by atoms with van der Waals surface area (Å²) in [4.78, 5) is 11.4. The van der Waals surface area contributed by atoms with Crippen LogP contribution in [-0.2, 0) is 11.2 Å². The molecule has 0 aliphatic heterocycles. The number of ether oxygens (including phenoxy) is 1. The number of carbonyl (C=O) groups is 1. The standard InChI is InChI=1S/C15H19NO3/c1-2-8-16-15(18)10-19-12-6-7-13-11(9-12)4-3-5-14(13)17/h2,6-7,9,14,17H,1,3-5,8,10H2,(H,16,18). The molecule has 0 heterocycles. The van der Waals surface area contributed by atoms with Crippen molar-refractivity contribution < 1.29 is 14.6 Å². The van der Waals surface area contributed by atoms with Crippen molar-refractivity contribution in [2.45, 2.75) is 25.4 Å². The Kier molecular flexibility index (Phi) is 4.58. The van der Waals surface area contributed by atoms with Gasteiger partial charge in [0.2, 0.25) is 0 Å². The van der Waals surface area contributed by atoms with Gasteiger partial charge < -0.3 is 15.2 Å². The van der Waals surface area contributed by atoms with Crippen LogP contribution in [0.15, 0.2) is 30.9 Å². The van der Waals surface area contributed by atoms with Crippen molar-refractivity contribution >= 4 is 5.91 Å². The molecule has 1 aliphatic rings. The minimum absolute atomic E-state index is 0.00478. The Morgan fingerprint density at radius 2 is 2.42 bits per heavy atom. The molecule has 0 radical (unpaired) electrons. The van der Waals surface area contributed by atoms with Crippen LogP contribution >= 0.6 is 0 Å². The first-order chi connectivity index (χ1) is 9.20. The van der Waals surface area contributed by atoms with Crippen molar-refractivity contribution in [2.24, 2.45) is 0 Å². The first-order valence-electron chi connectivity index (χ1n) is 6.52. The highest BCUT2D eigenvalue weighted by Gasteiger charge is 2.18. The fraction of sp³-hybridized carbons (Fsp3) is 0.400. The molecule has 102 valence electrons. The number of aliphatic hydroxyl groups is 1. The molecule has 1 aromatic rings. The van der Waals surface area contributed by atoms with E-state index >= 15 is 0 Å². The molecule has 19 heavy (non-hydrogen) atoms. The molecular formula is C15H19NO3. The van der Waals surface area contributed by atoms with Crippen LogP contribution in [0.25, 0.3) is 0 Å². The summed E-state index contributed by atoms with van der Waals surface area (Å²) >= 11 is 0. The Morgan fingerprint density at radius 1 is 1.58 bits per heavy atom. The highest BCUT2D eigenvalue weighted by molar-refractivity contribution is 5.77. The van der Waals surface area contributed by atoms with Gasteiger partial charge in [-0.1, -0.05) is 12.1 Å². The molecular weight excluding hydrogens is 242 g/mol. The molecule has 0 fully saturated rings. The first kappa shape index (κ1) is 13.6. The average Bonchev–Trinajstić information content (AvgIpc) is 2.43. The molecule has 0 bridgehead atoms. The zero-order chi connectivity index (χ0) is 13.7. The largest absolute Gasteiger partial charge is 0.484 e. The molecule has 1 unspecified atom stereocenters. The van der Waals surface area contributed by atoms with Crippen molar-refractivity contribution in [3.8, 4) is 5.75 Å². The fourth-order valence-electron chi connectivity index (χ4n) is 2.24. The van der Waals surface area contributed by atoms with E-state index < -0.39 is 0 Å². The molecule has 0 aromatic heterocycles. The van der Waals surface area contributed by atoms with Gasteiger partial charge >= 0.3 is 0 Å². The van der Waals surface area contributed by atoms with Gasteiger partial charge in [0.05, 0.1) is 6.10 Å². The number of nitrogens with one attached hydrogen (secondary N) is 1. The van der Waals surface area contributed by atoms with Crippen molar-refractivity contribution in [1.29, 1.82) is 0 Å². The molecule has 1 aromatic carbocycles. The minimum atomic E-state index is -0.367. The van der Waals surface area contributed by atoms with Gasteiger partial charge in [-0.05, 0) is 42.5 Å². The second-order valence-corrected chi connectivity index (χ2v) is 4.65. The molecule has 4 heteroatoms. The van der Waals surface area contributed by atoms with E-state index in [1.165, 1.54) is 0 Å². The van der Waals surface area contributed by atoms with Crippen molar-refractivity contribution in [3.05, 3.63) is 42.0 Å². The summed E-state index contributed by atoms with van der Waals surface area (Å²) in [7, 11) is 0. The maximum atomic E-state index is 11.4. The van der Waals surface area contributed by atoms with Crippen LogP contribution in [0.3, 0.4) is 0 Å². The molecule has 4 nitrogen and oxygen atoms in total. The normalized spacial score (nSPS) is 17.4. The predicted molar refractivity (Wildman–Crippen MR) is 73.0 cm³/mol. The Balaban J connectivity index is 1.95. The number of hydrogen-bond acceptors (Lipinski definition) is 3. The lowest BCUT2D eigenvalue weighted by Gasteiger charge is -2.21. The first-order valence-corrected chi connectivity index (χ1v) is 6.52. The monoisotopic (exact) mass is 261 g/mol. The number of benzene rings is 1. The fourth-order valence-corrected chi connectivity index (χ4v) is 2.24. The van der Waals surface area contributed by atoms with Gasteiger partial charge in [-0.25, -0.2) is 0 Å². The average molecular weight is 261 g/mol. The van der Waals surface area contributed by atoms with Crippen LogP contribution < -0.4 is 10.1 Å². The third-order valence-corrected chi connectivity index (χ3v) is 3.21. The predicted octanol–water partition coefficient (Wildman–Crippen LogP) is 1.74. The van der Waals surface area contributed by atoms with Gasteiger partial charge in [-0.3, -0.25) is 4.79 Å². The van der Waals surface area contributed by atoms with Gasteiger partial charge in [0.25, 0.3) is 5.91 Å². The number of carbonyl (C=O) groups excluding carboxylic acids is 1. The van der Waals surface area contributed by atoms with Crippen molar-refractivity contribution in [2.75, 3.05) is 13.2 Å². The molecule has 1 amide bonds. The molecule has 1 aliphatic carbocycles. The van der Waals surface area contributed by atoms with E-state index in [0.717, 1.165) is 30.4 Å². The lowest BCUT2D eigenvalue weighted by molar-refractivity contribution is -0.122. The Morgan fingerprint density at radius 3 is 3.21 bits per heavy atom. The maximum absolute atomic E-state index is 11.4. The Bertz CT molecular complexity index is 470. The van der Waals surface area contributed by atoms with Gasteiger partial charge in [0, 0.05) is 6.54 Å². The number of fused-ring (bicyclic) bond motifs is 1. The lowest BCUT2D eigenvalue weighted by Crippen LogP contribution is -2.28. The molecule has 2 rings (SSSR count). The Hall–Kier alpha value is -1.81. The maximum Gasteiger partial charge on any atom is 0.258 e. The second kappa shape index (κ2) is 6.38. The second-order valence-electron chi connectivity index (χ2n) is 4.65. The zero-order valence-electron chi connectivity index (χ0n) is 10.9. The third-order valence-electron chi connectivity index (χ3n) is 3.21. The molecule has 0 spiro atoms. The van der Waals surface area contributed by atoms with Crippen LogP contribution in [0.4, 0.5) is 0 Å². The van der Waals surface area contributed by atoms with E-state index in [0.29, 0.717) is 12.3 Å². The highest BCUT2D eigenvalue weighted by Crippen LogP contribution is 2.31. The van der Waals surface area contributed by atoms with Crippen LogP contribution in [0.1, 0.15) is 30.1 Å². The number of amides is 1. The molecule has 0 saturated carbocycles. The number of hydrogen-bond donors (Lipinski definition) is 2. The van der Waals surface area contributed by atoms with Crippen LogP contribution in [0, 0.1) is 0 Å². The number of rotatable bonds is 5. The van der Waals surface area contributed by atoms with Crippen molar-refractivity contribution in [1.82, 2.24) is 5.32 Å². The van der Waals surface area contributed by atoms with Gasteiger partial charge in [-0.15, -0.1) is 6.58 Å². The van der Waals surface area contributed by atoms with Gasteiger partial charge in [0.15, 0.2) is 6.61 Å². The van der Waals surface area contributed by atoms with E-state index in [1.54, 1.807) is 12.1 Å². The van der Waals surface area contributed by atoms with Crippen LogP contribution in [0.5, 0.6) is 5.75 Å². The minimum Gasteiger partial charge on any atom is -0.484 e. The lowest BCUT2D eigenvalue weighted by atomic mass is 9.89. The molecule has 2 N–H and O–H groups in total. The van der Waals surface area contributed by atoms with Gasteiger partial charge in [-0.2, -0.15) is 0 Å². The summed E-state index contributed by atoms with van der Waals surface area (Å²) < 4.78 is 5.44. The van der Waals surface area contributed by atoms with Crippen LogP contribution in [0.2, 0.25) is 0 Å². The summed E-state index contributed by atoms with van der Waals surface area (Å²) in [5, 5.41) is 12.5. The summed E-state index contributed by atoms with van der Waals surface area (Å²) in [5.74, 6) is 0.499. The summed E-state index contributed by atoms with van der Waals surface area (Å²) in [6, 6.07) is 5.60. The van der Waals surface area contributed by atoms with E-state index in [-0.39, 0.29) is 18.6 Å². The summed E-state index contributed by atoms with van der Waals surface area (Å²) in [6.07, 6.45) is 4.01. The summed E-state index contributed by atoms with van der Waals surface area (Å²) in [5.41, 5.74) is 2.09. The van der Waals surface area contributed by atoms with Crippen molar-refractivity contribution in [3.63, 3.8) is 0 Å². The topological polar surface area (TPSA) is 58.6 Å². The number of aryl methyl sites for hydroxylation is 1. The third kappa shape index (κ3) is 3.58. The zero-order valence-corrected chi connectivity index (χ0v) is 10.9. The summed E-state index contributed by atoms with van der Waals surface area (Å²) in [6.45, 7) is 3.97. The van der Waals surface area contributed by atoms with E-state index in [2.05, 4.69) is 11.9 Å². The van der Waals surface area contributed by atoms with E-state index in [1.807, 2.05) is 12.1 Å². The van der Waals surface area contributed by atoms with Crippen LogP contribution in [-0.4, -0.2) is 24.2 Å². The van der Waals surface area contributed by atoms with Gasteiger partial charge in [0.1, 0.15) is 5.75 Å². The molecule has 1 atom stereocenters. The highest BCUT2D eigenvalue weighted by atomic mass is 16.5. The van der Waals surface area contributed by atoms with E-state index in [9.17, 15) is 9.90 Å². The quantitative estimate of drug-likeness (QED) is 0.794. The van der Waals surface area contributed by atoms with E-state index in [4.69, 9.17) is 4.74 Å².